The number of aromatic nitrogens is 3. The highest BCUT2D eigenvalue weighted by Crippen LogP contribution is 2.26. The molecule has 0 radical (unpaired) electrons. The van der Waals surface area contributed by atoms with Crippen LogP contribution in [0.5, 0.6) is 0 Å². The van der Waals surface area contributed by atoms with Crippen LogP contribution in [0.1, 0.15) is 36.0 Å². The largest absolute Gasteiger partial charge is 0.422 e. The van der Waals surface area contributed by atoms with E-state index in [-0.39, 0.29) is 0 Å². The molecule has 26 heavy (non-hydrogen) atoms. The first-order chi connectivity index (χ1) is 12.7. The lowest BCUT2D eigenvalue weighted by molar-refractivity contribution is 0.215. The molecule has 0 amide bonds. The van der Waals surface area contributed by atoms with Crippen LogP contribution in [0.3, 0.4) is 0 Å². The minimum absolute atomic E-state index is 0.555. The molecule has 1 aliphatic rings. The summed E-state index contributed by atoms with van der Waals surface area (Å²) in [7, 11) is 0. The molecule has 3 aromatic rings. The third-order valence-corrected chi connectivity index (χ3v) is 4.97. The first-order valence-corrected chi connectivity index (χ1v) is 9.32. The highest BCUT2D eigenvalue weighted by Gasteiger charge is 2.21. The number of hydrogen-bond acceptors (Lipinski definition) is 6. The first-order valence-electron chi connectivity index (χ1n) is 9.32. The third kappa shape index (κ3) is 3.70. The number of nitrogens with zero attached hydrogens (tertiary/aromatic N) is 4. The van der Waals surface area contributed by atoms with Gasteiger partial charge in [-0.2, -0.15) is 4.98 Å². The van der Waals surface area contributed by atoms with E-state index in [1.807, 2.05) is 13.8 Å². The van der Waals surface area contributed by atoms with Gasteiger partial charge in [0, 0.05) is 26.6 Å². The molecule has 1 N–H and O–H groups in total. The minimum Gasteiger partial charge on any atom is -0.422 e. The van der Waals surface area contributed by atoms with Crippen molar-refractivity contribution in [2.75, 3.05) is 31.5 Å². The zero-order valence-corrected chi connectivity index (χ0v) is 15.4. The van der Waals surface area contributed by atoms with Gasteiger partial charge in [0.25, 0.3) is 5.71 Å². The SMILES string of the molecule is Cc1nc(NCCN2CCC[C@H](c3ccccc3)C2)c2nc(C)oc2n1. The predicted octanol–water partition coefficient (Wildman–Crippen LogP) is 3.53. The molecule has 0 unspecified atom stereocenters. The van der Waals surface area contributed by atoms with Crippen molar-refractivity contribution in [2.45, 2.75) is 32.6 Å². The summed E-state index contributed by atoms with van der Waals surface area (Å²) in [5.41, 5.74) is 2.73. The van der Waals surface area contributed by atoms with E-state index in [0.29, 0.717) is 28.9 Å². The smallest absolute Gasteiger partial charge is 0.252 e. The fourth-order valence-electron chi connectivity index (χ4n) is 3.74. The van der Waals surface area contributed by atoms with Crippen molar-refractivity contribution < 1.29 is 4.42 Å². The van der Waals surface area contributed by atoms with Gasteiger partial charge in [0.05, 0.1) is 0 Å². The maximum absolute atomic E-state index is 5.54. The molecular weight excluding hydrogens is 326 g/mol. The van der Waals surface area contributed by atoms with E-state index in [4.69, 9.17) is 4.42 Å². The number of oxazole rings is 1. The summed E-state index contributed by atoms with van der Waals surface area (Å²) in [4.78, 5) is 15.7. The Morgan fingerprint density at radius 2 is 2.00 bits per heavy atom. The molecule has 1 saturated heterocycles. The van der Waals surface area contributed by atoms with Crippen LogP contribution < -0.4 is 5.32 Å². The highest BCUT2D eigenvalue weighted by atomic mass is 16.4. The van der Waals surface area contributed by atoms with Gasteiger partial charge in [-0.3, -0.25) is 0 Å². The number of anilines is 1. The van der Waals surface area contributed by atoms with E-state index >= 15 is 0 Å². The van der Waals surface area contributed by atoms with Crippen molar-refractivity contribution in [2.24, 2.45) is 0 Å². The van der Waals surface area contributed by atoms with E-state index < -0.39 is 0 Å². The van der Waals surface area contributed by atoms with E-state index in [1.54, 1.807) is 0 Å². The van der Waals surface area contributed by atoms with Crippen LogP contribution in [-0.2, 0) is 0 Å². The normalized spacial score (nSPS) is 18.3. The zero-order chi connectivity index (χ0) is 17.9. The Bertz CT molecular complexity index is 877. The maximum Gasteiger partial charge on any atom is 0.252 e. The van der Waals surface area contributed by atoms with Gasteiger partial charge in [0.15, 0.2) is 17.2 Å². The van der Waals surface area contributed by atoms with Gasteiger partial charge in [-0.15, -0.1) is 0 Å². The van der Waals surface area contributed by atoms with Crippen molar-refractivity contribution in [3.05, 3.63) is 47.6 Å². The number of benzene rings is 1. The second kappa shape index (κ2) is 7.41. The number of piperidine rings is 1. The van der Waals surface area contributed by atoms with Crippen LogP contribution in [0, 0.1) is 13.8 Å². The number of likely N-dealkylation sites (tertiary alicyclic amines) is 1. The lowest BCUT2D eigenvalue weighted by Crippen LogP contribution is -2.37. The van der Waals surface area contributed by atoms with Gasteiger partial charge in [-0.1, -0.05) is 30.3 Å². The third-order valence-electron chi connectivity index (χ3n) is 4.97. The second-order valence-electron chi connectivity index (χ2n) is 6.98. The first kappa shape index (κ1) is 17.0. The van der Waals surface area contributed by atoms with E-state index in [2.05, 4.69) is 55.5 Å². The van der Waals surface area contributed by atoms with Gasteiger partial charge in [0.1, 0.15) is 5.82 Å². The fourth-order valence-corrected chi connectivity index (χ4v) is 3.74. The van der Waals surface area contributed by atoms with Crippen molar-refractivity contribution >= 4 is 17.0 Å². The molecule has 1 fully saturated rings. The van der Waals surface area contributed by atoms with Crippen LogP contribution in [0.2, 0.25) is 0 Å². The number of hydrogen-bond donors (Lipinski definition) is 1. The van der Waals surface area contributed by atoms with Gasteiger partial charge < -0.3 is 14.6 Å². The van der Waals surface area contributed by atoms with E-state index in [9.17, 15) is 0 Å². The van der Waals surface area contributed by atoms with Crippen molar-refractivity contribution in [3.8, 4) is 0 Å². The molecule has 6 nitrogen and oxygen atoms in total. The Morgan fingerprint density at radius 1 is 1.15 bits per heavy atom. The molecule has 0 saturated carbocycles. The molecule has 3 heterocycles. The van der Waals surface area contributed by atoms with Crippen molar-refractivity contribution in [1.29, 1.82) is 0 Å². The summed E-state index contributed by atoms with van der Waals surface area (Å²) >= 11 is 0. The van der Waals surface area contributed by atoms with E-state index in [1.165, 1.54) is 18.4 Å². The molecule has 1 aliphatic heterocycles. The Kier molecular flexibility index (Phi) is 4.84. The molecule has 4 rings (SSSR count). The summed E-state index contributed by atoms with van der Waals surface area (Å²) in [5.74, 6) is 2.71. The van der Waals surface area contributed by atoms with Gasteiger partial charge in [-0.05, 0) is 37.8 Å². The number of aryl methyl sites for hydroxylation is 2. The Morgan fingerprint density at radius 3 is 2.85 bits per heavy atom. The van der Waals surface area contributed by atoms with Crippen molar-refractivity contribution in [1.82, 2.24) is 19.9 Å². The maximum atomic E-state index is 5.54. The summed E-state index contributed by atoms with van der Waals surface area (Å²) < 4.78 is 5.54. The Balaban J connectivity index is 1.37. The number of nitrogens with one attached hydrogen (secondary N) is 1. The van der Waals surface area contributed by atoms with Gasteiger partial charge >= 0.3 is 0 Å². The minimum atomic E-state index is 0.555. The van der Waals surface area contributed by atoms with Gasteiger partial charge in [-0.25, -0.2) is 9.97 Å². The fraction of sp³-hybridized carbons (Fsp3) is 0.450. The summed E-state index contributed by atoms with van der Waals surface area (Å²) in [6.45, 7) is 7.80. The standard InChI is InChI=1S/C20H25N5O/c1-14-22-19(18-20(23-14)26-15(2)24-18)21-10-12-25-11-6-9-17(13-25)16-7-4-3-5-8-16/h3-5,7-8,17H,6,9-13H2,1-2H3,(H,21,22,23)/t17-/m0/s1. The summed E-state index contributed by atoms with van der Waals surface area (Å²) in [6, 6.07) is 10.9. The van der Waals surface area contributed by atoms with Crippen LogP contribution in [0.4, 0.5) is 5.82 Å². The topological polar surface area (TPSA) is 67.1 Å². The van der Waals surface area contributed by atoms with Crippen LogP contribution in [0.15, 0.2) is 34.7 Å². The lowest BCUT2D eigenvalue weighted by atomic mass is 9.91. The Hall–Kier alpha value is -2.47. The molecule has 2 aromatic heterocycles. The monoisotopic (exact) mass is 351 g/mol. The van der Waals surface area contributed by atoms with Gasteiger partial charge in [0.2, 0.25) is 0 Å². The molecule has 0 spiro atoms. The quantitative estimate of drug-likeness (QED) is 0.758. The molecular formula is C20H25N5O. The van der Waals surface area contributed by atoms with Crippen LogP contribution in [0.25, 0.3) is 11.2 Å². The highest BCUT2D eigenvalue weighted by molar-refractivity contribution is 5.81. The van der Waals surface area contributed by atoms with Crippen molar-refractivity contribution in [3.63, 3.8) is 0 Å². The average Bonchev–Trinajstić information content (AvgIpc) is 3.03. The predicted molar refractivity (Wildman–Crippen MR) is 102 cm³/mol. The van der Waals surface area contributed by atoms with E-state index in [0.717, 1.165) is 32.0 Å². The molecule has 136 valence electrons. The summed E-state index contributed by atoms with van der Waals surface area (Å²) in [6.07, 6.45) is 2.52. The zero-order valence-electron chi connectivity index (χ0n) is 15.4. The molecule has 6 heteroatoms. The Labute approximate surface area is 153 Å². The number of fused-ring (bicyclic) bond motifs is 1. The number of rotatable bonds is 5. The molecule has 1 atom stereocenters. The molecule has 1 aromatic carbocycles. The lowest BCUT2D eigenvalue weighted by Gasteiger charge is -2.33. The summed E-state index contributed by atoms with van der Waals surface area (Å²) in [5, 5.41) is 3.43. The average molecular weight is 351 g/mol. The van der Waals surface area contributed by atoms with Crippen LogP contribution >= 0.6 is 0 Å². The molecule has 0 aliphatic carbocycles. The second-order valence-corrected chi connectivity index (χ2v) is 6.98. The molecule has 0 bridgehead atoms. The van der Waals surface area contributed by atoms with Crippen LogP contribution in [-0.4, -0.2) is 46.0 Å².